The summed E-state index contributed by atoms with van der Waals surface area (Å²) in [7, 11) is 0. The maximum absolute atomic E-state index is 8.05. The van der Waals surface area contributed by atoms with Gasteiger partial charge in [-0.2, -0.15) is 0 Å². The molecule has 0 amide bonds. The molecule has 0 aliphatic rings. The highest BCUT2D eigenvalue weighted by atomic mass is 16.5. The molecule has 9 heavy (non-hydrogen) atoms. The molecule has 0 rings (SSSR count). The van der Waals surface area contributed by atoms with Crippen molar-refractivity contribution in [3.8, 4) is 0 Å². The van der Waals surface area contributed by atoms with Crippen molar-refractivity contribution in [1.82, 2.24) is 5.48 Å². The van der Waals surface area contributed by atoms with E-state index in [0.717, 1.165) is 6.42 Å². The molecule has 0 spiro atoms. The Hall–Kier alpha value is -0.0800. The Balaban J connectivity index is 2.60. The summed E-state index contributed by atoms with van der Waals surface area (Å²) < 4.78 is 0. The highest BCUT2D eigenvalue weighted by Crippen LogP contribution is 2.00. The van der Waals surface area contributed by atoms with E-state index >= 15 is 0 Å². The van der Waals surface area contributed by atoms with Crippen LogP contribution in [-0.2, 0) is 0 Å². The van der Waals surface area contributed by atoms with Gasteiger partial charge < -0.3 is 0 Å². The van der Waals surface area contributed by atoms with Crippen molar-refractivity contribution in [2.45, 2.75) is 39.0 Å². The van der Waals surface area contributed by atoms with Crippen LogP contribution in [0.5, 0.6) is 0 Å². The van der Waals surface area contributed by atoms with Crippen LogP contribution in [0.2, 0.25) is 0 Å². The molecule has 55 valence electrons. The van der Waals surface area contributed by atoms with Gasteiger partial charge in [-0.25, -0.2) is 0 Å². The Morgan fingerprint density at radius 1 is 1.11 bits per heavy atom. The summed E-state index contributed by atoms with van der Waals surface area (Å²) in [6, 6.07) is 0. The fourth-order valence-electron chi connectivity index (χ4n) is 0.786. The standard InChI is InChI=1S/C7H16NO/c1-2-3-4-5-6-7-8-9/h9H,2-7H2,1H3. The van der Waals surface area contributed by atoms with Gasteiger partial charge in [-0.05, 0) is 6.42 Å². The van der Waals surface area contributed by atoms with Crippen molar-refractivity contribution >= 4 is 0 Å². The molecule has 1 N–H and O–H groups in total. The van der Waals surface area contributed by atoms with E-state index in [2.05, 4.69) is 12.4 Å². The van der Waals surface area contributed by atoms with Crippen LogP contribution < -0.4 is 5.48 Å². The molecule has 2 heteroatoms. The lowest BCUT2D eigenvalue weighted by Crippen LogP contribution is -1.99. The summed E-state index contributed by atoms with van der Waals surface area (Å²) in [5, 5.41) is 8.05. The van der Waals surface area contributed by atoms with Gasteiger partial charge in [0.15, 0.2) is 0 Å². The van der Waals surface area contributed by atoms with Crippen molar-refractivity contribution in [2.75, 3.05) is 6.54 Å². The summed E-state index contributed by atoms with van der Waals surface area (Å²) >= 11 is 0. The summed E-state index contributed by atoms with van der Waals surface area (Å²) in [4.78, 5) is 0. The molecular formula is C7H16NO. The first-order valence-corrected chi connectivity index (χ1v) is 3.72. The number of nitrogens with zero attached hydrogens (tertiary/aromatic N) is 1. The first-order chi connectivity index (χ1) is 4.41. The van der Waals surface area contributed by atoms with E-state index in [1.807, 2.05) is 0 Å². The molecule has 2 nitrogen and oxygen atoms in total. The van der Waals surface area contributed by atoms with Gasteiger partial charge in [0.25, 0.3) is 0 Å². The largest absolute Gasteiger partial charge is 0.297 e. The molecule has 0 saturated heterocycles. The minimum atomic E-state index is 0.615. The van der Waals surface area contributed by atoms with Crippen LogP contribution >= 0.6 is 0 Å². The molecule has 0 aromatic heterocycles. The van der Waals surface area contributed by atoms with Crippen molar-refractivity contribution in [2.24, 2.45) is 0 Å². The van der Waals surface area contributed by atoms with Gasteiger partial charge in [0.1, 0.15) is 0 Å². The van der Waals surface area contributed by atoms with Crippen molar-refractivity contribution < 1.29 is 5.21 Å². The lowest BCUT2D eigenvalue weighted by molar-refractivity contribution is 0.154. The third kappa shape index (κ3) is 7.92. The van der Waals surface area contributed by atoms with Gasteiger partial charge in [0, 0.05) is 6.54 Å². The Morgan fingerprint density at radius 2 is 1.78 bits per heavy atom. The van der Waals surface area contributed by atoms with Gasteiger partial charge in [-0.3, -0.25) is 5.21 Å². The van der Waals surface area contributed by atoms with Crippen LogP contribution in [0, 0.1) is 0 Å². The van der Waals surface area contributed by atoms with Gasteiger partial charge in [0.2, 0.25) is 0 Å². The molecule has 1 radical (unpaired) electrons. The van der Waals surface area contributed by atoms with Gasteiger partial charge >= 0.3 is 0 Å². The number of hydroxylamine groups is 1. The van der Waals surface area contributed by atoms with Crippen LogP contribution in [0.4, 0.5) is 0 Å². The summed E-state index contributed by atoms with van der Waals surface area (Å²) in [6.45, 7) is 2.81. The number of rotatable bonds is 6. The first-order valence-electron chi connectivity index (χ1n) is 3.72. The van der Waals surface area contributed by atoms with E-state index in [4.69, 9.17) is 5.21 Å². The quantitative estimate of drug-likeness (QED) is 0.433. The molecule has 0 aliphatic heterocycles. The van der Waals surface area contributed by atoms with Crippen LogP contribution in [0.25, 0.3) is 0 Å². The predicted octanol–water partition coefficient (Wildman–Crippen LogP) is 1.95. The normalized spacial score (nSPS) is 10.0. The van der Waals surface area contributed by atoms with E-state index < -0.39 is 0 Å². The van der Waals surface area contributed by atoms with Crippen LogP contribution in [0.3, 0.4) is 0 Å². The maximum atomic E-state index is 8.05. The van der Waals surface area contributed by atoms with Crippen molar-refractivity contribution in [3.63, 3.8) is 0 Å². The lowest BCUT2D eigenvalue weighted by atomic mass is 10.2. The Morgan fingerprint density at radius 3 is 2.33 bits per heavy atom. The second-order valence-electron chi connectivity index (χ2n) is 2.28. The van der Waals surface area contributed by atoms with E-state index in [-0.39, 0.29) is 0 Å². The highest BCUT2D eigenvalue weighted by Gasteiger charge is 1.86. The first kappa shape index (κ1) is 8.92. The van der Waals surface area contributed by atoms with Crippen LogP contribution in [0.15, 0.2) is 0 Å². The molecule has 0 aromatic rings. The molecule has 0 heterocycles. The second kappa shape index (κ2) is 7.92. The molecule has 0 unspecified atom stereocenters. The molecule has 0 bridgehead atoms. The summed E-state index contributed by atoms with van der Waals surface area (Å²) in [5.74, 6) is 0. The average molecular weight is 130 g/mol. The minimum Gasteiger partial charge on any atom is -0.297 e. The van der Waals surface area contributed by atoms with Crippen molar-refractivity contribution in [1.29, 1.82) is 0 Å². The Kier molecular flexibility index (Phi) is 7.85. The number of hydrogen-bond donors (Lipinski definition) is 1. The topological polar surface area (TPSA) is 34.3 Å². The van der Waals surface area contributed by atoms with Crippen molar-refractivity contribution in [3.05, 3.63) is 0 Å². The average Bonchev–Trinajstić information content (AvgIpc) is 1.89. The number of unbranched alkanes of at least 4 members (excludes halogenated alkanes) is 4. The maximum Gasteiger partial charge on any atom is 0.0424 e. The fraction of sp³-hybridized carbons (Fsp3) is 1.00. The molecular weight excluding hydrogens is 114 g/mol. The smallest absolute Gasteiger partial charge is 0.0424 e. The number of hydrogen-bond acceptors (Lipinski definition) is 1. The van der Waals surface area contributed by atoms with Gasteiger partial charge in [-0.1, -0.05) is 32.6 Å². The lowest BCUT2D eigenvalue weighted by Gasteiger charge is -1.95. The van der Waals surface area contributed by atoms with E-state index in [9.17, 15) is 0 Å². The monoisotopic (exact) mass is 130 g/mol. The third-order valence-electron chi connectivity index (χ3n) is 1.36. The van der Waals surface area contributed by atoms with E-state index in [0.29, 0.717) is 6.54 Å². The Bertz CT molecular complexity index is 42.2. The SMILES string of the molecule is CCCCCCC[N]O. The molecule has 0 aliphatic carbocycles. The summed E-state index contributed by atoms with van der Waals surface area (Å²) in [5.41, 5.74) is 3.03. The molecule has 0 aromatic carbocycles. The molecule has 0 fully saturated rings. The van der Waals surface area contributed by atoms with Crippen LogP contribution in [-0.4, -0.2) is 11.8 Å². The highest BCUT2D eigenvalue weighted by molar-refractivity contribution is 4.41. The van der Waals surface area contributed by atoms with E-state index in [1.165, 1.54) is 25.7 Å². The fourth-order valence-corrected chi connectivity index (χ4v) is 0.786. The van der Waals surface area contributed by atoms with E-state index in [1.54, 1.807) is 0 Å². The third-order valence-corrected chi connectivity index (χ3v) is 1.36. The molecule has 0 saturated carbocycles. The zero-order valence-corrected chi connectivity index (χ0v) is 6.14. The van der Waals surface area contributed by atoms with Gasteiger partial charge in [0.05, 0.1) is 0 Å². The predicted molar refractivity (Wildman–Crippen MR) is 37.5 cm³/mol. The molecule has 0 atom stereocenters. The Labute approximate surface area is 57.2 Å². The summed E-state index contributed by atoms with van der Waals surface area (Å²) in [6.07, 6.45) is 6.11. The minimum absolute atomic E-state index is 0.615. The zero-order chi connectivity index (χ0) is 6.95. The second-order valence-corrected chi connectivity index (χ2v) is 2.28. The van der Waals surface area contributed by atoms with Crippen LogP contribution in [0.1, 0.15) is 39.0 Å². The van der Waals surface area contributed by atoms with Gasteiger partial charge in [-0.15, -0.1) is 5.48 Å². The zero-order valence-electron chi connectivity index (χ0n) is 6.14.